The molecule has 1 aliphatic rings. The van der Waals surface area contributed by atoms with Crippen molar-refractivity contribution in [1.82, 2.24) is 0 Å². The van der Waals surface area contributed by atoms with E-state index in [9.17, 15) is 4.79 Å². The standard InChI is InChI=1S/C11H13NO2/c1-2-5-12-9-3-4-10-8(6-9)7-14-11(10)13/h3-4,6,12H,2,5,7H2,1H3. The molecule has 0 atom stereocenters. The Morgan fingerprint density at radius 1 is 1.50 bits per heavy atom. The van der Waals surface area contributed by atoms with Crippen LogP contribution in [0.25, 0.3) is 0 Å². The second-order valence-corrected chi connectivity index (χ2v) is 3.37. The smallest absolute Gasteiger partial charge is 0.338 e. The van der Waals surface area contributed by atoms with Crippen LogP contribution in [0, 0.1) is 0 Å². The lowest BCUT2D eigenvalue weighted by Crippen LogP contribution is -2.00. The number of cyclic esters (lactones) is 1. The number of rotatable bonds is 3. The Kier molecular flexibility index (Phi) is 2.39. The molecule has 0 aromatic heterocycles. The molecule has 1 aromatic carbocycles. The van der Waals surface area contributed by atoms with Gasteiger partial charge in [-0.05, 0) is 24.6 Å². The van der Waals surface area contributed by atoms with Gasteiger partial charge in [-0.2, -0.15) is 0 Å². The highest BCUT2D eigenvalue weighted by atomic mass is 16.5. The van der Waals surface area contributed by atoms with E-state index in [1.165, 1.54) is 0 Å². The number of carbonyl (C=O) groups is 1. The van der Waals surface area contributed by atoms with Gasteiger partial charge in [0.25, 0.3) is 0 Å². The van der Waals surface area contributed by atoms with Crippen LogP contribution < -0.4 is 5.32 Å². The molecular formula is C11H13NO2. The summed E-state index contributed by atoms with van der Waals surface area (Å²) in [6, 6.07) is 5.72. The van der Waals surface area contributed by atoms with Gasteiger partial charge in [0.05, 0.1) is 5.56 Å². The Hall–Kier alpha value is -1.51. The Labute approximate surface area is 83.1 Å². The summed E-state index contributed by atoms with van der Waals surface area (Å²) in [6.07, 6.45) is 1.09. The van der Waals surface area contributed by atoms with Gasteiger partial charge in [-0.3, -0.25) is 0 Å². The van der Waals surface area contributed by atoms with E-state index >= 15 is 0 Å². The summed E-state index contributed by atoms with van der Waals surface area (Å²) >= 11 is 0. The SMILES string of the molecule is CCCNc1ccc2c(c1)COC2=O. The Morgan fingerprint density at radius 2 is 2.36 bits per heavy atom. The number of benzene rings is 1. The van der Waals surface area contributed by atoms with E-state index in [1.54, 1.807) is 0 Å². The molecule has 3 heteroatoms. The minimum Gasteiger partial charge on any atom is -0.457 e. The van der Waals surface area contributed by atoms with Gasteiger partial charge in [-0.15, -0.1) is 0 Å². The topological polar surface area (TPSA) is 38.3 Å². The largest absolute Gasteiger partial charge is 0.457 e. The molecule has 0 unspecified atom stereocenters. The molecule has 1 aromatic rings. The minimum absolute atomic E-state index is 0.206. The van der Waals surface area contributed by atoms with Crippen LogP contribution in [0.4, 0.5) is 5.69 Å². The van der Waals surface area contributed by atoms with Crippen molar-refractivity contribution < 1.29 is 9.53 Å². The molecule has 0 aliphatic carbocycles. The van der Waals surface area contributed by atoms with Crippen molar-refractivity contribution in [2.75, 3.05) is 11.9 Å². The lowest BCUT2D eigenvalue weighted by atomic mass is 10.1. The third-order valence-electron chi connectivity index (χ3n) is 2.26. The van der Waals surface area contributed by atoms with Crippen LogP contribution in [0.5, 0.6) is 0 Å². The van der Waals surface area contributed by atoms with Crippen LogP contribution >= 0.6 is 0 Å². The van der Waals surface area contributed by atoms with Crippen molar-refractivity contribution in [2.45, 2.75) is 20.0 Å². The Morgan fingerprint density at radius 3 is 3.14 bits per heavy atom. The monoisotopic (exact) mass is 191 g/mol. The zero-order valence-electron chi connectivity index (χ0n) is 8.17. The highest BCUT2D eigenvalue weighted by molar-refractivity contribution is 5.93. The molecule has 74 valence electrons. The second kappa shape index (κ2) is 3.70. The third kappa shape index (κ3) is 1.58. The van der Waals surface area contributed by atoms with Crippen molar-refractivity contribution in [3.05, 3.63) is 29.3 Å². The molecule has 0 saturated carbocycles. The fraction of sp³-hybridized carbons (Fsp3) is 0.364. The van der Waals surface area contributed by atoms with Gasteiger partial charge in [0.1, 0.15) is 6.61 Å². The molecule has 1 heterocycles. The van der Waals surface area contributed by atoms with Crippen LogP contribution in [0.3, 0.4) is 0 Å². The first-order valence-corrected chi connectivity index (χ1v) is 4.85. The van der Waals surface area contributed by atoms with Gasteiger partial charge < -0.3 is 10.1 Å². The molecule has 0 bridgehead atoms. The van der Waals surface area contributed by atoms with Crippen molar-refractivity contribution in [2.24, 2.45) is 0 Å². The predicted molar refractivity (Wildman–Crippen MR) is 54.3 cm³/mol. The van der Waals surface area contributed by atoms with Crippen LogP contribution in [-0.4, -0.2) is 12.5 Å². The summed E-state index contributed by atoms with van der Waals surface area (Å²) in [5.41, 5.74) is 2.74. The highest BCUT2D eigenvalue weighted by Crippen LogP contribution is 2.23. The zero-order chi connectivity index (χ0) is 9.97. The molecular weight excluding hydrogens is 178 g/mol. The van der Waals surface area contributed by atoms with E-state index in [1.807, 2.05) is 18.2 Å². The Bertz CT molecular complexity index is 360. The summed E-state index contributed by atoms with van der Waals surface area (Å²) in [5, 5.41) is 3.27. The normalized spacial score (nSPS) is 13.6. The van der Waals surface area contributed by atoms with Gasteiger partial charge >= 0.3 is 5.97 Å². The average molecular weight is 191 g/mol. The quantitative estimate of drug-likeness (QED) is 0.744. The lowest BCUT2D eigenvalue weighted by molar-refractivity contribution is 0.0535. The van der Waals surface area contributed by atoms with Crippen LogP contribution in [0.15, 0.2) is 18.2 Å². The number of hydrogen-bond acceptors (Lipinski definition) is 3. The lowest BCUT2D eigenvalue weighted by Gasteiger charge is -2.04. The molecule has 0 saturated heterocycles. The van der Waals surface area contributed by atoms with Crippen LogP contribution in [0.2, 0.25) is 0 Å². The molecule has 1 N–H and O–H groups in total. The van der Waals surface area contributed by atoms with Gasteiger partial charge in [0.2, 0.25) is 0 Å². The van der Waals surface area contributed by atoms with E-state index < -0.39 is 0 Å². The number of ether oxygens (including phenoxy) is 1. The van der Waals surface area contributed by atoms with E-state index in [2.05, 4.69) is 12.2 Å². The second-order valence-electron chi connectivity index (χ2n) is 3.37. The number of nitrogens with one attached hydrogen (secondary N) is 1. The zero-order valence-corrected chi connectivity index (χ0v) is 8.17. The molecule has 3 nitrogen and oxygen atoms in total. The summed E-state index contributed by atoms with van der Waals surface area (Å²) in [4.78, 5) is 11.1. The van der Waals surface area contributed by atoms with Crippen molar-refractivity contribution in [1.29, 1.82) is 0 Å². The maximum Gasteiger partial charge on any atom is 0.338 e. The number of hydrogen-bond donors (Lipinski definition) is 1. The van der Waals surface area contributed by atoms with E-state index in [0.717, 1.165) is 24.2 Å². The molecule has 1 aliphatic heterocycles. The average Bonchev–Trinajstić information content (AvgIpc) is 2.57. The number of anilines is 1. The van der Waals surface area contributed by atoms with Gasteiger partial charge in [0.15, 0.2) is 0 Å². The van der Waals surface area contributed by atoms with E-state index in [0.29, 0.717) is 12.2 Å². The summed E-state index contributed by atoms with van der Waals surface area (Å²) < 4.78 is 4.92. The van der Waals surface area contributed by atoms with Crippen molar-refractivity contribution in [3.8, 4) is 0 Å². The first-order valence-electron chi connectivity index (χ1n) is 4.85. The molecule has 0 fully saturated rings. The molecule has 14 heavy (non-hydrogen) atoms. The molecule has 0 spiro atoms. The third-order valence-corrected chi connectivity index (χ3v) is 2.26. The molecule has 0 radical (unpaired) electrons. The Balaban J connectivity index is 2.19. The first kappa shape index (κ1) is 9.06. The van der Waals surface area contributed by atoms with Gasteiger partial charge in [-0.25, -0.2) is 4.79 Å². The summed E-state index contributed by atoms with van der Waals surface area (Å²) in [7, 11) is 0. The minimum atomic E-state index is -0.206. The first-order chi connectivity index (χ1) is 6.81. The number of esters is 1. The fourth-order valence-electron chi connectivity index (χ4n) is 1.51. The summed E-state index contributed by atoms with van der Waals surface area (Å²) in [5.74, 6) is -0.206. The number of fused-ring (bicyclic) bond motifs is 1. The van der Waals surface area contributed by atoms with E-state index in [4.69, 9.17) is 4.74 Å². The van der Waals surface area contributed by atoms with Crippen LogP contribution in [-0.2, 0) is 11.3 Å². The van der Waals surface area contributed by atoms with Crippen LogP contribution in [0.1, 0.15) is 29.3 Å². The van der Waals surface area contributed by atoms with E-state index in [-0.39, 0.29) is 5.97 Å². The molecule has 0 amide bonds. The fourth-order valence-corrected chi connectivity index (χ4v) is 1.51. The van der Waals surface area contributed by atoms with Crippen molar-refractivity contribution >= 4 is 11.7 Å². The maximum absolute atomic E-state index is 11.1. The predicted octanol–water partition coefficient (Wildman–Crippen LogP) is 2.18. The maximum atomic E-state index is 11.1. The summed E-state index contributed by atoms with van der Waals surface area (Å²) in [6.45, 7) is 3.48. The van der Waals surface area contributed by atoms with Gasteiger partial charge in [-0.1, -0.05) is 6.92 Å². The molecule has 2 rings (SSSR count). The number of carbonyl (C=O) groups excluding carboxylic acids is 1. The highest BCUT2D eigenvalue weighted by Gasteiger charge is 2.20. The van der Waals surface area contributed by atoms with Crippen molar-refractivity contribution in [3.63, 3.8) is 0 Å². The van der Waals surface area contributed by atoms with Gasteiger partial charge in [0, 0.05) is 17.8 Å².